The fraction of sp³-hybridized carbons (Fsp3) is 0.125. The molecule has 0 bridgehead atoms. The molecule has 0 spiro atoms. The van der Waals surface area contributed by atoms with E-state index in [9.17, 15) is 28.0 Å². The summed E-state index contributed by atoms with van der Waals surface area (Å²) in [6, 6.07) is 10.8. The molecule has 5 nitrogen and oxygen atoms in total. The van der Waals surface area contributed by atoms with Gasteiger partial charge in [0.2, 0.25) is 5.78 Å². The minimum absolute atomic E-state index is 0.0772. The Kier molecular flexibility index (Phi) is 5.80. The number of alkyl halides is 3. The Morgan fingerprint density at radius 3 is 2.47 bits per heavy atom. The van der Waals surface area contributed by atoms with Gasteiger partial charge in [-0.05, 0) is 50.2 Å². The molecule has 0 aliphatic carbocycles. The molecular weight excluding hydrogens is 490 g/mol. The highest BCUT2D eigenvalue weighted by molar-refractivity contribution is 6.44. The number of aromatic nitrogens is 1. The quantitative estimate of drug-likeness (QED) is 0.250. The third-order valence-corrected chi connectivity index (χ3v) is 6.00. The van der Waals surface area contributed by atoms with Gasteiger partial charge in [0.25, 0.3) is 5.91 Å². The highest BCUT2D eigenvalue weighted by Crippen LogP contribution is 2.41. The van der Waals surface area contributed by atoms with Crippen molar-refractivity contribution in [2.45, 2.75) is 20.0 Å². The second kappa shape index (κ2) is 8.35. The number of hydrogen-bond donors (Lipinski definition) is 1. The number of nitriles is 1. The average Bonchev–Trinajstić information content (AvgIpc) is 3.24. The SMILES string of the molecule is Cc1cc(C(=O)C(C#N)=C2C(=O)Nc3c(Cl)cc(Cl)cc32)c(C)n1-c1cccc(C(F)(F)F)c1. The summed E-state index contributed by atoms with van der Waals surface area (Å²) in [5.74, 6) is -1.43. The van der Waals surface area contributed by atoms with Gasteiger partial charge in [-0.3, -0.25) is 9.59 Å². The Bertz CT molecular complexity index is 1460. The number of fused-ring (bicyclic) bond motifs is 1. The van der Waals surface area contributed by atoms with Crippen molar-refractivity contribution in [3.05, 3.63) is 86.2 Å². The van der Waals surface area contributed by atoms with Crippen molar-refractivity contribution in [1.82, 2.24) is 4.57 Å². The van der Waals surface area contributed by atoms with Crippen LogP contribution < -0.4 is 5.32 Å². The molecule has 4 rings (SSSR count). The van der Waals surface area contributed by atoms with Gasteiger partial charge in [0, 0.05) is 33.2 Å². The first-order valence-corrected chi connectivity index (χ1v) is 10.6. The molecule has 0 unspecified atom stereocenters. The first-order valence-electron chi connectivity index (χ1n) is 9.80. The minimum atomic E-state index is -4.53. The number of aryl methyl sites for hydroxylation is 1. The number of nitrogens with one attached hydrogen (secondary N) is 1. The summed E-state index contributed by atoms with van der Waals surface area (Å²) in [4.78, 5) is 26.1. The molecule has 10 heteroatoms. The maximum atomic E-state index is 13.4. The van der Waals surface area contributed by atoms with Crippen LogP contribution in [0.3, 0.4) is 0 Å². The minimum Gasteiger partial charge on any atom is -0.320 e. The van der Waals surface area contributed by atoms with Crippen LogP contribution in [-0.4, -0.2) is 16.3 Å². The lowest BCUT2D eigenvalue weighted by molar-refractivity contribution is -0.137. The summed E-state index contributed by atoms with van der Waals surface area (Å²) in [6.07, 6.45) is -4.53. The normalized spacial score (nSPS) is 14.5. The number of Topliss-reactive ketones (excluding diaryl/α,β-unsaturated/α-hetero) is 1. The molecule has 0 saturated carbocycles. The van der Waals surface area contributed by atoms with Crippen molar-refractivity contribution in [2.24, 2.45) is 0 Å². The van der Waals surface area contributed by atoms with Gasteiger partial charge >= 0.3 is 6.18 Å². The number of amides is 1. The van der Waals surface area contributed by atoms with Gasteiger partial charge in [-0.1, -0.05) is 29.3 Å². The third kappa shape index (κ3) is 3.87. The monoisotopic (exact) mass is 503 g/mol. The van der Waals surface area contributed by atoms with E-state index in [1.165, 1.54) is 34.9 Å². The number of halogens is 5. The molecule has 0 radical (unpaired) electrons. The van der Waals surface area contributed by atoms with Crippen molar-refractivity contribution < 1.29 is 22.8 Å². The average molecular weight is 504 g/mol. The highest BCUT2D eigenvalue weighted by Gasteiger charge is 2.34. The summed E-state index contributed by atoms with van der Waals surface area (Å²) in [7, 11) is 0. The molecule has 1 N–H and O–H groups in total. The molecule has 1 aliphatic rings. The van der Waals surface area contributed by atoms with Crippen LogP contribution in [0.1, 0.15) is 32.9 Å². The van der Waals surface area contributed by atoms with E-state index in [0.29, 0.717) is 11.4 Å². The summed E-state index contributed by atoms with van der Waals surface area (Å²) >= 11 is 12.2. The van der Waals surface area contributed by atoms with Gasteiger partial charge in [0.1, 0.15) is 11.6 Å². The van der Waals surface area contributed by atoms with Crippen LogP contribution in [0.5, 0.6) is 0 Å². The summed E-state index contributed by atoms with van der Waals surface area (Å²) in [5.41, 5.74) is 0.0987. The number of carbonyl (C=O) groups is 2. The van der Waals surface area contributed by atoms with E-state index in [0.717, 1.165) is 12.1 Å². The first-order chi connectivity index (χ1) is 15.9. The Morgan fingerprint density at radius 2 is 1.82 bits per heavy atom. The molecule has 1 aliphatic heterocycles. The lowest BCUT2D eigenvalue weighted by Crippen LogP contribution is -2.12. The molecule has 3 aromatic rings. The lowest BCUT2D eigenvalue weighted by Gasteiger charge is -2.13. The van der Waals surface area contributed by atoms with Crippen molar-refractivity contribution in [3.63, 3.8) is 0 Å². The van der Waals surface area contributed by atoms with Crippen molar-refractivity contribution in [3.8, 4) is 11.8 Å². The molecule has 0 atom stereocenters. The van der Waals surface area contributed by atoms with Crippen molar-refractivity contribution in [2.75, 3.05) is 5.32 Å². The molecular formula is C24H14Cl2F3N3O2. The van der Waals surface area contributed by atoms with Crippen molar-refractivity contribution in [1.29, 1.82) is 5.26 Å². The zero-order valence-electron chi connectivity index (χ0n) is 17.6. The van der Waals surface area contributed by atoms with E-state index in [4.69, 9.17) is 23.2 Å². The van der Waals surface area contributed by atoms with Crippen LogP contribution in [0.4, 0.5) is 18.9 Å². The van der Waals surface area contributed by atoms with Gasteiger partial charge in [-0.25, -0.2) is 0 Å². The predicted molar refractivity (Wildman–Crippen MR) is 122 cm³/mol. The second-order valence-corrected chi connectivity index (χ2v) is 8.47. The number of allylic oxidation sites excluding steroid dienone is 1. The number of hydrogen-bond acceptors (Lipinski definition) is 3. The van der Waals surface area contributed by atoms with Gasteiger partial charge in [-0.15, -0.1) is 0 Å². The Morgan fingerprint density at radius 1 is 1.12 bits per heavy atom. The Hall–Kier alpha value is -3.54. The van der Waals surface area contributed by atoms with Crippen LogP contribution >= 0.6 is 23.2 Å². The number of nitrogens with zero attached hydrogens (tertiary/aromatic N) is 2. The highest BCUT2D eigenvalue weighted by atomic mass is 35.5. The number of benzene rings is 2. The van der Waals surface area contributed by atoms with Crippen LogP contribution in [-0.2, 0) is 11.0 Å². The maximum Gasteiger partial charge on any atom is 0.416 e. The zero-order chi connectivity index (χ0) is 24.9. The smallest absolute Gasteiger partial charge is 0.320 e. The number of carbonyl (C=O) groups excluding carboxylic acids is 2. The number of ketones is 1. The van der Waals surface area contributed by atoms with E-state index in [-0.39, 0.29) is 38.1 Å². The molecule has 0 fully saturated rings. The number of rotatable bonds is 3. The predicted octanol–water partition coefficient (Wildman–Crippen LogP) is 6.53. The molecule has 1 aromatic heterocycles. The van der Waals surface area contributed by atoms with E-state index in [1.54, 1.807) is 19.9 Å². The summed E-state index contributed by atoms with van der Waals surface area (Å²) < 4.78 is 41.1. The van der Waals surface area contributed by atoms with E-state index in [1.807, 2.05) is 0 Å². The lowest BCUT2D eigenvalue weighted by atomic mass is 9.95. The van der Waals surface area contributed by atoms with E-state index in [2.05, 4.69) is 5.32 Å². The van der Waals surface area contributed by atoms with E-state index < -0.39 is 29.0 Å². The van der Waals surface area contributed by atoms with Gasteiger partial charge in [0.15, 0.2) is 0 Å². The first kappa shape index (κ1) is 23.6. The number of anilines is 1. The van der Waals surface area contributed by atoms with Crippen molar-refractivity contribution >= 4 is 46.2 Å². The fourth-order valence-electron chi connectivity index (χ4n) is 4.01. The maximum absolute atomic E-state index is 13.4. The summed E-state index contributed by atoms with van der Waals surface area (Å²) in [6.45, 7) is 3.18. The molecule has 0 saturated heterocycles. The van der Waals surface area contributed by atoms with Gasteiger partial charge < -0.3 is 9.88 Å². The van der Waals surface area contributed by atoms with E-state index >= 15 is 0 Å². The molecule has 34 heavy (non-hydrogen) atoms. The largest absolute Gasteiger partial charge is 0.416 e. The van der Waals surface area contributed by atoms with Crippen LogP contribution in [0.25, 0.3) is 11.3 Å². The molecule has 2 aromatic carbocycles. The summed E-state index contributed by atoms with van der Waals surface area (Å²) in [5, 5.41) is 12.7. The van der Waals surface area contributed by atoms with Gasteiger partial charge in [0.05, 0.1) is 21.8 Å². The Balaban J connectivity index is 1.86. The van der Waals surface area contributed by atoms with Crippen LogP contribution in [0.2, 0.25) is 10.0 Å². The fourth-order valence-corrected chi connectivity index (χ4v) is 4.55. The second-order valence-electron chi connectivity index (χ2n) is 7.62. The third-order valence-electron chi connectivity index (χ3n) is 5.49. The molecule has 172 valence electrons. The standard InChI is InChI=1S/C24H14Cl2F3N3O2/c1-11-6-16(12(2)32(11)15-5-3-4-13(7-15)24(27,28)29)22(33)18(10-30)20-17-8-14(25)9-19(26)21(17)31-23(20)34/h3-9H,1-2H3,(H,31,34). The Labute approximate surface area is 202 Å². The molecule has 1 amide bonds. The van der Waals surface area contributed by atoms with Crippen LogP contribution in [0, 0.1) is 25.2 Å². The molecule has 2 heterocycles. The zero-order valence-corrected chi connectivity index (χ0v) is 19.2. The van der Waals surface area contributed by atoms with Gasteiger partial charge in [-0.2, -0.15) is 18.4 Å². The topological polar surface area (TPSA) is 74.9 Å². The van der Waals surface area contributed by atoms with Crippen LogP contribution in [0.15, 0.2) is 48.0 Å².